The number of likely N-dealkylation sites (tertiary alicyclic amines) is 1. The number of carbonyl (C=O) groups is 1. The lowest BCUT2D eigenvalue weighted by Crippen LogP contribution is -2.45. The minimum Gasteiger partial charge on any atom is -0.355 e. The number of benzene rings is 1. The number of aryl methyl sites for hydroxylation is 1. The van der Waals surface area contributed by atoms with Gasteiger partial charge in [0.25, 0.3) is 0 Å². The second-order valence-corrected chi connectivity index (χ2v) is 7.81. The smallest absolute Gasteiger partial charge is 0.237 e. The Balaban J connectivity index is 1.38. The molecule has 1 atom stereocenters. The summed E-state index contributed by atoms with van der Waals surface area (Å²) in [6.45, 7) is 2.93. The van der Waals surface area contributed by atoms with Crippen LogP contribution in [0.5, 0.6) is 0 Å². The number of nitrogens with zero attached hydrogens (tertiary/aromatic N) is 1. The lowest BCUT2D eigenvalue weighted by Gasteiger charge is -2.32. The Labute approximate surface area is 152 Å². The van der Waals surface area contributed by atoms with Crippen molar-refractivity contribution in [1.82, 2.24) is 10.2 Å². The number of hydrogen-bond donors (Lipinski definition) is 2. The average molecular weight is 344 g/mol. The molecule has 25 heavy (non-hydrogen) atoms. The van der Waals surface area contributed by atoms with Crippen LogP contribution in [0.1, 0.15) is 50.5 Å². The largest absolute Gasteiger partial charge is 0.355 e. The summed E-state index contributed by atoms with van der Waals surface area (Å²) in [5, 5.41) is 3.17. The standard InChI is InChI=1S/C21H33N3O/c22-19-12-10-18(11-13-19)16-24-15-5-9-20(24)21(25)23-14-4-8-17-6-2-1-3-7-17/h1-3,6-7,18-20H,4-5,8-16,22H2,(H,23,25)/t18?,19?,20-/m0/s1. The van der Waals surface area contributed by atoms with Crippen LogP contribution in [0.3, 0.4) is 0 Å². The highest BCUT2D eigenvalue weighted by atomic mass is 16.2. The van der Waals surface area contributed by atoms with E-state index < -0.39 is 0 Å². The van der Waals surface area contributed by atoms with Gasteiger partial charge in [-0.1, -0.05) is 30.3 Å². The molecule has 2 fully saturated rings. The molecule has 4 nitrogen and oxygen atoms in total. The van der Waals surface area contributed by atoms with Gasteiger partial charge in [0.05, 0.1) is 6.04 Å². The first kappa shape index (κ1) is 18.4. The average Bonchev–Trinajstić information content (AvgIpc) is 3.10. The summed E-state index contributed by atoms with van der Waals surface area (Å²) in [5.74, 6) is 0.962. The Morgan fingerprint density at radius 3 is 2.64 bits per heavy atom. The third-order valence-electron chi connectivity index (χ3n) is 5.83. The molecule has 1 aliphatic carbocycles. The predicted molar refractivity (Wildman–Crippen MR) is 102 cm³/mol. The van der Waals surface area contributed by atoms with E-state index >= 15 is 0 Å². The van der Waals surface area contributed by atoms with Gasteiger partial charge in [-0.05, 0) is 69.4 Å². The van der Waals surface area contributed by atoms with E-state index in [1.165, 1.54) is 18.4 Å². The molecule has 2 aliphatic rings. The van der Waals surface area contributed by atoms with Crippen LogP contribution in [0.2, 0.25) is 0 Å². The van der Waals surface area contributed by atoms with Crippen molar-refractivity contribution in [2.45, 2.75) is 63.5 Å². The fourth-order valence-electron chi connectivity index (χ4n) is 4.31. The molecule has 0 aromatic heterocycles. The Morgan fingerprint density at radius 1 is 1.12 bits per heavy atom. The number of nitrogens with one attached hydrogen (secondary N) is 1. The fraction of sp³-hybridized carbons (Fsp3) is 0.667. The molecule has 1 aromatic carbocycles. The summed E-state index contributed by atoms with van der Waals surface area (Å²) in [7, 11) is 0. The van der Waals surface area contributed by atoms with Crippen LogP contribution in [0.15, 0.2) is 30.3 Å². The van der Waals surface area contributed by atoms with E-state index in [0.29, 0.717) is 6.04 Å². The Bertz CT molecular complexity index is 525. The molecule has 1 aliphatic heterocycles. The molecule has 3 N–H and O–H groups in total. The molecule has 0 bridgehead atoms. The van der Waals surface area contributed by atoms with Gasteiger partial charge in [0.1, 0.15) is 0 Å². The van der Waals surface area contributed by atoms with Gasteiger partial charge in [0.2, 0.25) is 5.91 Å². The van der Waals surface area contributed by atoms with Crippen molar-refractivity contribution in [1.29, 1.82) is 0 Å². The molecule has 138 valence electrons. The lowest BCUT2D eigenvalue weighted by molar-refractivity contribution is -0.125. The lowest BCUT2D eigenvalue weighted by atomic mass is 9.86. The Kier molecular flexibility index (Phi) is 6.88. The minimum absolute atomic E-state index is 0.0901. The molecular formula is C21H33N3O. The van der Waals surface area contributed by atoms with E-state index in [9.17, 15) is 4.79 Å². The van der Waals surface area contributed by atoms with Crippen LogP contribution in [0, 0.1) is 5.92 Å². The highest BCUT2D eigenvalue weighted by Crippen LogP contribution is 2.27. The van der Waals surface area contributed by atoms with Crippen LogP contribution < -0.4 is 11.1 Å². The number of rotatable bonds is 7. The van der Waals surface area contributed by atoms with Gasteiger partial charge < -0.3 is 11.1 Å². The highest BCUT2D eigenvalue weighted by Gasteiger charge is 2.32. The van der Waals surface area contributed by atoms with Gasteiger partial charge in [0, 0.05) is 19.1 Å². The first-order valence-corrected chi connectivity index (χ1v) is 10.0. The topological polar surface area (TPSA) is 58.4 Å². The normalized spacial score (nSPS) is 27.3. The van der Waals surface area contributed by atoms with Crippen LogP contribution in [-0.2, 0) is 11.2 Å². The highest BCUT2D eigenvalue weighted by molar-refractivity contribution is 5.82. The van der Waals surface area contributed by atoms with Gasteiger partial charge in [-0.15, -0.1) is 0 Å². The number of nitrogens with two attached hydrogens (primary N) is 1. The molecular weight excluding hydrogens is 310 g/mol. The quantitative estimate of drug-likeness (QED) is 0.749. The molecule has 1 amide bonds. The molecule has 4 heteroatoms. The molecule has 1 saturated carbocycles. The van der Waals surface area contributed by atoms with Gasteiger partial charge >= 0.3 is 0 Å². The van der Waals surface area contributed by atoms with Crippen molar-refractivity contribution in [3.05, 3.63) is 35.9 Å². The van der Waals surface area contributed by atoms with Gasteiger partial charge in [-0.3, -0.25) is 9.69 Å². The van der Waals surface area contributed by atoms with E-state index in [2.05, 4.69) is 34.5 Å². The van der Waals surface area contributed by atoms with Crippen molar-refractivity contribution in [3.8, 4) is 0 Å². The molecule has 1 heterocycles. The zero-order valence-corrected chi connectivity index (χ0v) is 15.3. The maximum Gasteiger partial charge on any atom is 0.237 e. The van der Waals surface area contributed by atoms with Crippen molar-refractivity contribution < 1.29 is 4.79 Å². The molecule has 3 rings (SSSR count). The fourth-order valence-corrected chi connectivity index (χ4v) is 4.31. The second kappa shape index (κ2) is 9.35. The summed E-state index contributed by atoms with van der Waals surface area (Å²) >= 11 is 0. The van der Waals surface area contributed by atoms with Crippen molar-refractivity contribution >= 4 is 5.91 Å². The molecule has 0 unspecified atom stereocenters. The first-order valence-electron chi connectivity index (χ1n) is 10.0. The number of amides is 1. The summed E-state index contributed by atoms with van der Waals surface area (Å²) < 4.78 is 0. The maximum absolute atomic E-state index is 12.6. The second-order valence-electron chi connectivity index (χ2n) is 7.81. The summed E-state index contributed by atoms with van der Waals surface area (Å²) in [6.07, 6.45) is 8.93. The predicted octanol–water partition coefficient (Wildman–Crippen LogP) is 2.72. The van der Waals surface area contributed by atoms with Gasteiger partial charge in [-0.2, -0.15) is 0 Å². The van der Waals surface area contributed by atoms with Gasteiger partial charge in [0.15, 0.2) is 0 Å². The Hall–Kier alpha value is -1.39. The molecule has 0 radical (unpaired) electrons. The third kappa shape index (κ3) is 5.55. The van der Waals surface area contributed by atoms with Crippen molar-refractivity contribution in [2.75, 3.05) is 19.6 Å². The first-order chi connectivity index (χ1) is 12.2. The zero-order valence-electron chi connectivity index (χ0n) is 15.3. The summed E-state index contributed by atoms with van der Waals surface area (Å²) in [6, 6.07) is 11.0. The maximum atomic E-state index is 12.6. The SMILES string of the molecule is NC1CCC(CN2CCC[C@H]2C(=O)NCCCc2ccccc2)CC1. The minimum atomic E-state index is 0.0901. The van der Waals surface area contributed by atoms with E-state index in [1.807, 2.05) is 6.07 Å². The van der Waals surface area contributed by atoms with Crippen LogP contribution in [0.4, 0.5) is 0 Å². The van der Waals surface area contributed by atoms with E-state index in [0.717, 1.165) is 64.1 Å². The summed E-state index contributed by atoms with van der Waals surface area (Å²) in [4.78, 5) is 15.0. The van der Waals surface area contributed by atoms with E-state index in [4.69, 9.17) is 5.73 Å². The van der Waals surface area contributed by atoms with Crippen molar-refractivity contribution in [3.63, 3.8) is 0 Å². The van der Waals surface area contributed by atoms with E-state index in [-0.39, 0.29) is 11.9 Å². The zero-order chi connectivity index (χ0) is 17.5. The molecule has 1 aromatic rings. The van der Waals surface area contributed by atoms with Crippen LogP contribution in [0.25, 0.3) is 0 Å². The van der Waals surface area contributed by atoms with Crippen molar-refractivity contribution in [2.24, 2.45) is 11.7 Å². The van der Waals surface area contributed by atoms with Gasteiger partial charge in [-0.25, -0.2) is 0 Å². The third-order valence-corrected chi connectivity index (χ3v) is 5.83. The molecule has 1 saturated heterocycles. The van der Waals surface area contributed by atoms with Crippen LogP contribution >= 0.6 is 0 Å². The number of hydrogen-bond acceptors (Lipinski definition) is 3. The van der Waals surface area contributed by atoms with E-state index in [1.54, 1.807) is 0 Å². The number of carbonyl (C=O) groups excluding carboxylic acids is 1. The monoisotopic (exact) mass is 343 g/mol. The summed E-state index contributed by atoms with van der Waals surface area (Å²) in [5.41, 5.74) is 7.36. The van der Waals surface area contributed by atoms with Crippen LogP contribution in [-0.4, -0.2) is 42.5 Å². The molecule has 0 spiro atoms. The Morgan fingerprint density at radius 2 is 1.88 bits per heavy atom.